The lowest BCUT2D eigenvalue weighted by molar-refractivity contribution is -0.140. The van der Waals surface area contributed by atoms with Crippen LogP contribution >= 0.6 is 0 Å². The Bertz CT molecular complexity index is 578. The maximum absolute atomic E-state index is 13.3. The van der Waals surface area contributed by atoms with Crippen molar-refractivity contribution in [3.05, 3.63) is 29.6 Å². The summed E-state index contributed by atoms with van der Waals surface area (Å²) in [6, 6.07) is 6.15. The number of nitrogens with zero attached hydrogens (tertiary/aromatic N) is 2. The van der Waals surface area contributed by atoms with E-state index in [1.165, 1.54) is 6.42 Å². The summed E-state index contributed by atoms with van der Waals surface area (Å²) in [5.41, 5.74) is 1.72. The molecule has 1 aliphatic carbocycles. The minimum absolute atomic E-state index is 0.0849. The lowest BCUT2D eigenvalue weighted by Crippen LogP contribution is -2.63. The Hall–Kier alpha value is -1.46. The van der Waals surface area contributed by atoms with Crippen molar-refractivity contribution in [1.29, 1.82) is 0 Å². The van der Waals surface area contributed by atoms with Gasteiger partial charge >= 0.3 is 0 Å². The number of hydrogen-bond acceptors (Lipinski definition) is 4. The molecule has 1 unspecified atom stereocenters. The molecule has 1 saturated carbocycles. The Balaban J connectivity index is 1.67. The van der Waals surface area contributed by atoms with Crippen molar-refractivity contribution in [1.82, 2.24) is 15.2 Å². The van der Waals surface area contributed by atoms with Gasteiger partial charge in [-0.05, 0) is 38.8 Å². The van der Waals surface area contributed by atoms with Gasteiger partial charge in [0.2, 0.25) is 5.91 Å². The highest BCUT2D eigenvalue weighted by Crippen LogP contribution is 2.34. The van der Waals surface area contributed by atoms with Gasteiger partial charge in [0.15, 0.2) is 0 Å². The number of carbonyl (C=O) groups is 1. The van der Waals surface area contributed by atoms with E-state index in [9.17, 15) is 4.79 Å². The number of hydrogen-bond donors (Lipinski definition) is 1. The number of aryl methyl sites for hydroxylation is 1. The lowest BCUT2D eigenvalue weighted by Gasteiger charge is -2.47. The fourth-order valence-corrected chi connectivity index (χ4v) is 4.25. The zero-order chi connectivity index (χ0) is 17.7. The molecule has 5 heteroatoms. The number of ether oxygens (including phenoxy) is 1. The van der Waals surface area contributed by atoms with Gasteiger partial charge < -0.3 is 10.1 Å². The zero-order valence-electron chi connectivity index (χ0n) is 15.6. The molecule has 5 nitrogen and oxygen atoms in total. The van der Waals surface area contributed by atoms with Crippen LogP contribution in [0.2, 0.25) is 0 Å². The average Bonchev–Trinajstić information content (AvgIpc) is 2.63. The summed E-state index contributed by atoms with van der Waals surface area (Å²) in [4.78, 5) is 20.2. The van der Waals surface area contributed by atoms with Gasteiger partial charge in [-0.15, -0.1) is 0 Å². The molecule has 3 rings (SSSR count). The maximum Gasteiger partial charge on any atom is 0.240 e. The van der Waals surface area contributed by atoms with Crippen LogP contribution in [0.4, 0.5) is 0 Å². The first-order valence-corrected chi connectivity index (χ1v) is 9.66. The van der Waals surface area contributed by atoms with Gasteiger partial charge in [-0.3, -0.25) is 14.7 Å². The lowest BCUT2D eigenvalue weighted by atomic mass is 9.79. The van der Waals surface area contributed by atoms with Crippen molar-refractivity contribution >= 4 is 5.91 Å². The van der Waals surface area contributed by atoms with Crippen molar-refractivity contribution in [2.24, 2.45) is 0 Å². The van der Waals surface area contributed by atoms with Gasteiger partial charge in [-0.1, -0.05) is 25.3 Å². The number of aromatic nitrogens is 1. The molecule has 1 amide bonds. The van der Waals surface area contributed by atoms with E-state index >= 15 is 0 Å². The Morgan fingerprint density at radius 1 is 1.28 bits per heavy atom. The van der Waals surface area contributed by atoms with Gasteiger partial charge in [-0.25, -0.2) is 0 Å². The fraction of sp³-hybridized carbons (Fsp3) is 0.700. The first kappa shape index (κ1) is 18.3. The van der Waals surface area contributed by atoms with Crippen LogP contribution in [0.1, 0.15) is 50.4 Å². The van der Waals surface area contributed by atoms with Crippen LogP contribution in [0, 0.1) is 6.92 Å². The van der Waals surface area contributed by atoms with E-state index < -0.39 is 0 Å². The highest BCUT2D eigenvalue weighted by molar-refractivity contribution is 5.86. The van der Waals surface area contributed by atoms with Crippen LogP contribution in [0.3, 0.4) is 0 Å². The first-order valence-electron chi connectivity index (χ1n) is 9.66. The van der Waals surface area contributed by atoms with Gasteiger partial charge in [0.05, 0.1) is 13.2 Å². The van der Waals surface area contributed by atoms with E-state index in [1.54, 1.807) is 0 Å². The van der Waals surface area contributed by atoms with Gasteiger partial charge in [0, 0.05) is 36.9 Å². The number of morpholine rings is 1. The molecule has 1 N–H and O–H groups in total. The van der Waals surface area contributed by atoms with E-state index in [4.69, 9.17) is 4.74 Å². The monoisotopic (exact) mass is 345 g/mol. The van der Waals surface area contributed by atoms with E-state index in [2.05, 4.69) is 22.1 Å². The molecule has 138 valence electrons. The SMILES string of the molecule is Cc1cccc(CC(C)NC(=O)C2(N3CCOCC3)CCCCC2)n1. The molecule has 0 aromatic carbocycles. The van der Waals surface area contributed by atoms with Gasteiger partial charge in [0.25, 0.3) is 0 Å². The molecular weight excluding hydrogens is 314 g/mol. The Morgan fingerprint density at radius 2 is 2.00 bits per heavy atom. The van der Waals surface area contributed by atoms with Crippen molar-refractivity contribution in [3.8, 4) is 0 Å². The Labute approximate surface area is 151 Å². The Morgan fingerprint density at radius 3 is 2.68 bits per heavy atom. The van der Waals surface area contributed by atoms with E-state index in [1.807, 2.05) is 25.1 Å². The standard InChI is InChI=1S/C20H31N3O2/c1-16-7-6-8-18(21-16)15-17(2)22-19(24)20(9-4-3-5-10-20)23-11-13-25-14-12-23/h6-8,17H,3-5,9-15H2,1-2H3,(H,22,24). The largest absolute Gasteiger partial charge is 0.379 e. The second-order valence-corrected chi connectivity index (χ2v) is 7.54. The van der Waals surface area contributed by atoms with Crippen LogP contribution in [0.25, 0.3) is 0 Å². The smallest absolute Gasteiger partial charge is 0.240 e. The number of nitrogens with one attached hydrogen (secondary N) is 1. The summed E-state index contributed by atoms with van der Waals surface area (Å²) in [6.07, 6.45) is 6.22. The molecule has 1 saturated heterocycles. The molecule has 0 radical (unpaired) electrons. The fourth-order valence-electron chi connectivity index (χ4n) is 4.25. The predicted octanol–water partition coefficient (Wildman–Crippen LogP) is 2.47. The number of rotatable bonds is 5. The molecule has 1 aromatic rings. The molecule has 1 aromatic heterocycles. The van der Waals surface area contributed by atoms with Crippen molar-refractivity contribution < 1.29 is 9.53 Å². The molecule has 25 heavy (non-hydrogen) atoms. The van der Waals surface area contributed by atoms with Crippen LogP contribution in [0.5, 0.6) is 0 Å². The zero-order valence-corrected chi connectivity index (χ0v) is 15.6. The van der Waals surface area contributed by atoms with E-state index in [0.717, 1.165) is 69.8 Å². The van der Waals surface area contributed by atoms with Crippen molar-refractivity contribution in [2.75, 3.05) is 26.3 Å². The molecule has 0 spiro atoms. The molecular formula is C20H31N3O2. The minimum atomic E-state index is -0.337. The van der Waals surface area contributed by atoms with Crippen molar-refractivity contribution in [3.63, 3.8) is 0 Å². The summed E-state index contributed by atoms with van der Waals surface area (Å²) < 4.78 is 5.50. The highest BCUT2D eigenvalue weighted by Gasteiger charge is 2.45. The van der Waals surface area contributed by atoms with Crippen LogP contribution in [-0.4, -0.2) is 53.7 Å². The van der Waals surface area contributed by atoms with Crippen LogP contribution < -0.4 is 5.32 Å². The van der Waals surface area contributed by atoms with Crippen LogP contribution in [-0.2, 0) is 16.0 Å². The summed E-state index contributed by atoms with van der Waals surface area (Å²) >= 11 is 0. The molecule has 0 bridgehead atoms. The highest BCUT2D eigenvalue weighted by atomic mass is 16.5. The first-order chi connectivity index (χ1) is 12.1. The van der Waals surface area contributed by atoms with Crippen LogP contribution in [0.15, 0.2) is 18.2 Å². The average molecular weight is 345 g/mol. The summed E-state index contributed by atoms with van der Waals surface area (Å²) in [6.45, 7) is 7.28. The summed E-state index contributed by atoms with van der Waals surface area (Å²) in [5.74, 6) is 0.203. The maximum atomic E-state index is 13.3. The third kappa shape index (κ3) is 4.39. The van der Waals surface area contributed by atoms with Crippen molar-refractivity contribution in [2.45, 2.75) is 64.0 Å². The molecule has 2 heterocycles. The van der Waals surface area contributed by atoms with E-state index in [-0.39, 0.29) is 17.5 Å². The topological polar surface area (TPSA) is 54.5 Å². The van der Waals surface area contributed by atoms with Gasteiger partial charge in [-0.2, -0.15) is 0 Å². The summed E-state index contributed by atoms with van der Waals surface area (Å²) in [5, 5.41) is 3.29. The number of amides is 1. The third-order valence-corrected chi connectivity index (χ3v) is 5.56. The second kappa shape index (κ2) is 8.28. The predicted molar refractivity (Wildman–Crippen MR) is 98.5 cm³/mol. The quantitative estimate of drug-likeness (QED) is 0.891. The third-order valence-electron chi connectivity index (χ3n) is 5.56. The normalized spacial score (nSPS) is 22.3. The molecule has 2 aliphatic rings. The number of pyridine rings is 1. The van der Waals surface area contributed by atoms with Gasteiger partial charge in [0.1, 0.15) is 5.54 Å². The molecule has 2 fully saturated rings. The molecule has 1 atom stereocenters. The van der Waals surface area contributed by atoms with E-state index in [0.29, 0.717) is 0 Å². The molecule has 1 aliphatic heterocycles. The second-order valence-electron chi connectivity index (χ2n) is 7.54. The summed E-state index contributed by atoms with van der Waals surface area (Å²) in [7, 11) is 0. The number of carbonyl (C=O) groups excluding carboxylic acids is 1. The minimum Gasteiger partial charge on any atom is -0.379 e. The Kier molecular flexibility index (Phi) is 6.07.